The van der Waals surface area contributed by atoms with Gasteiger partial charge >= 0.3 is 0 Å². The van der Waals surface area contributed by atoms with Crippen LogP contribution in [0.15, 0.2) is 136 Å². The molecule has 0 radical (unpaired) electrons. The van der Waals surface area contributed by atoms with Crippen molar-refractivity contribution >= 4 is 111 Å². The summed E-state index contributed by atoms with van der Waals surface area (Å²) < 4.78 is 4.76. The number of hydrogen-bond donors (Lipinski definition) is 2. The maximum absolute atomic E-state index is 14.1. The Kier molecular flexibility index (Phi) is 8.35. The zero-order chi connectivity index (χ0) is 39.1. The van der Waals surface area contributed by atoms with Gasteiger partial charge in [0.15, 0.2) is 9.54 Å². The quantitative estimate of drug-likeness (QED) is 0.160. The number of pyridine rings is 3. The number of nitrogens with zero attached hydrogens (tertiary/aromatic N) is 5. The van der Waals surface area contributed by atoms with E-state index in [2.05, 4.69) is 22.1 Å². The molecule has 0 amide bonds. The smallest absolute Gasteiger partial charge is 0.276 e. The molecule has 15 heteroatoms. The Morgan fingerprint density at radius 1 is 0.500 bits per heavy atom. The molecule has 2 N–H and O–H groups in total. The summed E-state index contributed by atoms with van der Waals surface area (Å²) in [5.41, 5.74) is 6.80. The second-order valence-corrected chi connectivity index (χ2v) is 17.9. The molecule has 0 atom stereocenters. The summed E-state index contributed by atoms with van der Waals surface area (Å²) >= 11 is 17.4. The van der Waals surface area contributed by atoms with E-state index in [-0.39, 0.29) is 11.1 Å². The number of aromatic nitrogens is 7. The molecule has 0 aliphatic carbocycles. The summed E-state index contributed by atoms with van der Waals surface area (Å²) in [7, 11) is 0. The van der Waals surface area contributed by atoms with E-state index >= 15 is 0 Å². The number of H-pyrrole nitrogens is 2. The summed E-state index contributed by atoms with van der Waals surface area (Å²) in [4.78, 5) is 53.8. The molecule has 11 aromatic rings. The number of benzene rings is 2. The summed E-state index contributed by atoms with van der Waals surface area (Å²) in [6, 6.07) is 36.8. The maximum Gasteiger partial charge on any atom is 0.276 e. The normalized spacial score (nSPS) is 11.7. The summed E-state index contributed by atoms with van der Waals surface area (Å²) in [6.45, 7) is 0. The highest BCUT2D eigenvalue weighted by Crippen LogP contribution is 2.43. The van der Waals surface area contributed by atoms with Crippen LogP contribution in [0.1, 0.15) is 0 Å². The molecule has 0 unspecified atom stereocenters. The Morgan fingerprint density at radius 2 is 0.948 bits per heavy atom. The number of nitrogens with one attached hydrogen (secondary N) is 2. The van der Waals surface area contributed by atoms with E-state index in [4.69, 9.17) is 39.4 Å². The fraction of sp³-hybridized carbons (Fsp3) is 0. The molecule has 0 saturated heterocycles. The van der Waals surface area contributed by atoms with Crippen molar-refractivity contribution in [2.45, 2.75) is 0 Å². The van der Waals surface area contributed by atoms with Gasteiger partial charge in [-0.3, -0.25) is 18.7 Å². The average Bonchev–Trinajstić information content (AvgIpc) is 4.09. The molecule has 9 aromatic heterocycles. The highest BCUT2D eigenvalue weighted by molar-refractivity contribution is 7.71. The second-order valence-electron chi connectivity index (χ2n) is 13.3. The first-order valence-corrected chi connectivity index (χ1v) is 22.0. The SMILES string of the molecule is O=c1c2sc3nc(-c4cccc(-c5cc(-c6cccs6)c6c(n5)sc5c(=O)n(-c7ccccc7)c(=S)[nH]c56)n4)cc(-c4cccs4)c3c2[nH]c(=S)n1-c1ccccc1. The zero-order valence-electron chi connectivity index (χ0n) is 29.6. The summed E-state index contributed by atoms with van der Waals surface area (Å²) in [5.74, 6) is 0. The lowest BCUT2D eigenvalue weighted by Crippen LogP contribution is -2.19. The van der Waals surface area contributed by atoms with Gasteiger partial charge in [0.25, 0.3) is 11.1 Å². The van der Waals surface area contributed by atoms with Crippen LogP contribution in [0.3, 0.4) is 0 Å². The Morgan fingerprint density at radius 3 is 1.36 bits per heavy atom. The van der Waals surface area contributed by atoms with Crippen molar-refractivity contribution in [3.8, 4) is 55.0 Å². The van der Waals surface area contributed by atoms with Crippen LogP contribution in [0.5, 0.6) is 0 Å². The second kappa shape index (κ2) is 13.8. The third-order valence-electron chi connectivity index (χ3n) is 9.86. The number of aromatic amines is 2. The number of thiophene rings is 4. The highest BCUT2D eigenvalue weighted by Gasteiger charge is 2.23. The largest absolute Gasteiger partial charge is 0.330 e. The first kappa shape index (κ1) is 35.1. The molecule has 9 nitrogen and oxygen atoms in total. The number of hydrogen-bond acceptors (Lipinski definition) is 11. The standard InChI is InChI=1S/C43H23N7O2S6/c51-40-36-34(47-42(53)49(40)22-10-3-1-4-11-22)32-24(30-16-8-18-55-30)20-28(45-38(32)57-36)26-14-7-15-27(44-26)29-21-25(31-17-9-19-56-31)33-35-37(58-39(33)46-29)41(52)50(43(54)48-35)23-12-5-2-6-13-23/h1-21H,(H,47,53)(H,48,54). The van der Waals surface area contributed by atoms with Crippen LogP contribution in [-0.4, -0.2) is 34.1 Å². The Hall–Kier alpha value is -6.07. The molecule has 0 saturated carbocycles. The molecule has 0 bridgehead atoms. The van der Waals surface area contributed by atoms with E-state index in [0.717, 1.165) is 31.7 Å². The van der Waals surface area contributed by atoms with Crippen molar-refractivity contribution in [2.75, 3.05) is 0 Å². The van der Waals surface area contributed by atoms with Crippen LogP contribution in [-0.2, 0) is 0 Å². The first-order chi connectivity index (χ1) is 28.4. The van der Waals surface area contributed by atoms with E-state index in [1.165, 1.54) is 31.8 Å². The molecular formula is C43H23N7O2S6. The Labute approximate surface area is 353 Å². The number of para-hydroxylation sites is 2. The summed E-state index contributed by atoms with van der Waals surface area (Å²) in [6.07, 6.45) is 0. The third-order valence-corrected chi connectivity index (χ3v) is 14.4. The van der Waals surface area contributed by atoms with Gasteiger partial charge in [-0.15, -0.1) is 45.3 Å². The fourth-order valence-corrected chi connectivity index (χ4v) is 11.6. The van der Waals surface area contributed by atoms with E-state index in [9.17, 15) is 9.59 Å². The van der Waals surface area contributed by atoms with Crippen molar-refractivity contribution < 1.29 is 0 Å². The summed E-state index contributed by atoms with van der Waals surface area (Å²) in [5, 5.41) is 5.75. The highest BCUT2D eigenvalue weighted by atomic mass is 32.1. The third kappa shape index (κ3) is 5.61. The van der Waals surface area contributed by atoms with Gasteiger partial charge in [-0.25, -0.2) is 15.0 Å². The lowest BCUT2D eigenvalue weighted by molar-refractivity contribution is 0.944. The molecule has 11 rings (SSSR count). The zero-order valence-corrected chi connectivity index (χ0v) is 34.5. The van der Waals surface area contributed by atoms with Crippen molar-refractivity contribution in [1.29, 1.82) is 0 Å². The minimum Gasteiger partial charge on any atom is -0.330 e. The minimum atomic E-state index is -0.198. The van der Waals surface area contributed by atoms with E-state index in [0.29, 0.717) is 73.8 Å². The molecule has 2 aromatic carbocycles. The predicted octanol–water partition coefficient (Wildman–Crippen LogP) is 11.8. The van der Waals surface area contributed by atoms with Crippen molar-refractivity contribution in [3.63, 3.8) is 0 Å². The van der Waals surface area contributed by atoms with Gasteiger partial charge < -0.3 is 9.97 Å². The van der Waals surface area contributed by atoms with Crippen molar-refractivity contribution in [1.82, 2.24) is 34.1 Å². The molecule has 0 fully saturated rings. The van der Waals surface area contributed by atoms with Gasteiger partial charge in [-0.2, -0.15) is 0 Å². The molecule has 58 heavy (non-hydrogen) atoms. The van der Waals surface area contributed by atoms with E-state index < -0.39 is 0 Å². The Balaban J connectivity index is 1.10. The van der Waals surface area contributed by atoms with Crippen LogP contribution in [0.2, 0.25) is 0 Å². The Bertz CT molecular complexity index is 3420. The minimum absolute atomic E-state index is 0.198. The lowest BCUT2D eigenvalue weighted by atomic mass is 10.1. The molecule has 0 aliphatic heterocycles. The van der Waals surface area contributed by atoms with Crippen LogP contribution >= 0.6 is 69.8 Å². The van der Waals surface area contributed by atoms with E-state index in [1.54, 1.807) is 22.7 Å². The van der Waals surface area contributed by atoms with Crippen LogP contribution in [0.25, 0.3) is 95.9 Å². The van der Waals surface area contributed by atoms with Gasteiger partial charge in [-0.1, -0.05) is 54.6 Å². The maximum atomic E-state index is 14.1. The monoisotopic (exact) mass is 861 g/mol. The van der Waals surface area contributed by atoms with Gasteiger partial charge in [0.05, 0.1) is 45.2 Å². The number of rotatable bonds is 6. The first-order valence-electron chi connectivity index (χ1n) is 17.8. The van der Waals surface area contributed by atoms with Gasteiger partial charge in [0.2, 0.25) is 0 Å². The molecule has 9 heterocycles. The topological polar surface area (TPSA) is 114 Å². The van der Waals surface area contributed by atoms with Gasteiger partial charge in [0.1, 0.15) is 19.1 Å². The van der Waals surface area contributed by atoms with Gasteiger partial charge in [-0.05, 0) is 95.9 Å². The van der Waals surface area contributed by atoms with Crippen LogP contribution < -0.4 is 11.1 Å². The van der Waals surface area contributed by atoms with Crippen molar-refractivity contribution in [2.24, 2.45) is 0 Å². The lowest BCUT2D eigenvalue weighted by Gasteiger charge is -2.10. The average molecular weight is 862 g/mol. The van der Waals surface area contributed by atoms with Gasteiger partial charge in [0, 0.05) is 31.7 Å². The predicted molar refractivity (Wildman–Crippen MR) is 245 cm³/mol. The van der Waals surface area contributed by atoms with Crippen LogP contribution in [0, 0.1) is 9.54 Å². The van der Waals surface area contributed by atoms with E-state index in [1.807, 2.05) is 114 Å². The molecule has 0 aliphatic rings. The van der Waals surface area contributed by atoms with Crippen LogP contribution in [0.4, 0.5) is 0 Å². The number of fused-ring (bicyclic) bond motifs is 6. The molecule has 0 spiro atoms. The van der Waals surface area contributed by atoms with Crippen molar-refractivity contribution in [3.05, 3.63) is 156 Å². The molecular weight excluding hydrogens is 839 g/mol. The molecule has 278 valence electrons. The fourth-order valence-electron chi connectivity index (χ4n) is 7.31.